The first-order chi connectivity index (χ1) is 13.7. The number of nitrogens with two attached hydrogens (primary N) is 1. The lowest BCUT2D eigenvalue weighted by atomic mass is 9.82. The van der Waals surface area contributed by atoms with E-state index in [0.29, 0.717) is 11.3 Å². The van der Waals surface area contributed by atoms with Crippen LogP contribution in [0.3, 0.4) is 0 Å². The number of rotatable bonds is 5. The largest absolute Gasteiger partial charge is 0.493 e. The van der Waals surface area contributed by atoms with Crippen LogP contribution in [-0.2, 0) is 9.53 Å². The second kappa shape index (κ2) is 8.12. The van der Waals surface area contributed by atoms with Gasteiger partial charge in [0.05, 0.1) is 13.2 Å². The topological polar surface area (TPSA) is 104 Å². The summed E-state index contributed by atoms with van der Waals surface area (Å²) in [6.45, 7) is 3.66. The molecule has 0 saturated carbocycles. The number of benzene rings is 1. The van der Waals surface area contributed by atoms with Gasteiger partial charge < -0.3 is 20.5 Å². The minimum atomic E-state index is -1.11. The average molecular weight is 405 g/mol. The van der Waals surface area contributed by atoms with E-state index in [1.807, 2.05) is 6.92 Å². The zero-order valence-electron chi connectivity index (χ0n) is 16.1. The normalized spacial score (nSPS) is 23.6. The minimum absolute atomic E-state index is 0.00398. The number of primary amides is 1. The van der Waals surface area contributed by atoms with Crippen LogP contribution >= 0.6 is 0 Å². The van der Waals surface area contributed by atoms with E-state index in [4.69, 9.17) is 15.2 Å². The molecule has 1 saturated heterocycles. The van der Waals surface area contributed by atoms with E-state index >= 15 is 0 Å². The molecule has 2 aromatic rings. The Hall–Kier alpha value is -3.07. The zero-order chi connectivity index (χ0) is 21.3. The van der Waals surface area contributed by atoms with Crippen LogP contribution in [0.1, 0.15) is 35.8 Å². The molecule has 1 aromatic heterocycles. The molecule has 9 heteroatoms. The summed E-state index contributed by atoms with van der Waals surface area (Å²) >= 11 is 0. The van der Waals surface area contributed by atoms with Crippen molar-refractivity contribution >= 4 is 17.5 Å². The standard InChI is InChI=1S/C20H21F2N3O4/c1-9-10(2)29-18(15(9)12-4-5-13(21)16(22)17(12)28-3)20(27)25-11-6-7-24-14(8-11)19(23)26/h4-10,15,18H,1-3H3,(H2,23,26)(H,24,25,27)/t9-,10+,15-,18-/m0/s1. The highest BCUT2D eigenvalue weighted by Crippen LogP contribution is 2.44. The highest BCUT2D eigenvalue weighted by atomic mass is 19.2. The number of nitrogens with one attached hydrogen (secondary N) is 1. The van der Waals surface area contributed by atoms with E-state index in [0.717, 1.165) is 6.07 Å². The fraction of sp³-hybridized carbons (Fsp3) is 0.350. The Kier molecular flexibility index (Phi) is 5.78. The summed E-state index contributed by atoms with van der Waals surface area (Å²) in [6.07, 6.45) is 0.0444. The third-order valence-corrected chi connectivity index (χ3v) is 5.18. The maximum atomic E-state index is 14.2. The number of halogens is 2. The van der Waals surface area contributed by atoms with Crippen LogP contribution in [0.25, 0.3) is 0 Å². The predicted octanol–water partition coefficient (Wildman–Crippen LogP) is 2.61. The molecule has 1 aliphatic rings. The van der Waals surface area contributed by atoms with Crippen LogP contribution in [0, 0.1) is 17.6 Å². The number of carbonyl (C=O) groups is 2. The summed E-state index contributed by atoms with van der Waals surface area (Å²) in [5.74, 6) is -4.39. The van der Waals surface area contributed by atoms with Crippen LogP contribution < -0.4 is 15.8 Å². The molecule has 1 aliphatic heterocycles. The Bertz CT molecular complexity index is 953. The van der Waals surface area contributed by atoms with Crippen molar-refractivity contribution in [3.05, 3.63) is 53.4 Å². The number of carbonyl (C=O) groups excluding carboxylic acids is 2. The number of nitrogens with zero attached hydrogens (tertiary/aromatic N) is 1. The molecule has 0 unspecified atom stereocenters. The number of ether oxygens (including phenoxy) is 2. The predicted molar refractivity (Wildman–Crippen MR) is 101 cm³/mol. The van der Waals surface area contributed by atoms with Crippen LogP contribution in [-0.4, -0.2) is 36.1 Å². The summed E-state index contributed by atoms with van der Waals surface area (Å²) in [5, 5.41) is 2.66. The van der Waals surface area contributed by atoms with E-state index in [1.54, 1.807) is 6.92 Å². The molecular weight excluding hydrogens is 384 g/mol. The Morgan fingerprint density at radius 1 is 1.24 bits per heavy atom. The molecule has 7 nitrogen and oxygen atoms in total. The lowest BCUT2D eigenvalue weighted by Crippen LogP contribution is -2.33. The summed E-state index contributed by atoms with van der Waals surface area (Å²) in [5.41, 5.74) is 5.86. The van der Waals surface area contributed by atoms with Gasteiger partial charge in [0.1, 0.15) is 11.8 Å². The molecule has 0 aliphatic carbocycles. The molecular formula is C20H21F2N3O4. The number of hydrogen-bond acceptors (Lipinski definition) is 5. The zero-order valence-corrected chi connectivity index (χ0v) is 16.1. The van der Waals surface area contributed by atoms with E-state index in [9.17, 15) is 18.4 Å². The number of aromatic nitrogens is 1. The quantitative estimate of drug-likeness (QED) is 0.796. The molecule has 4 atom stereocenters. The number of amides is 2. The molecule has 0 bridgehead atoms. The third-order valence-electron chi connectivity index (χ3n) is 5.18. The molecule has 154 valence electrons. The smallest absolute Gasteiger partial charge is 0.267 e. The fourth-order valence-electron chi connectivity index (χ4n) is 3.55. The van der Waals surface area contributed by atoms with Gasteiger partial charge in [0.25, 0.3) is 11.8 Å². The lowest BCUT2D eigenvalue weighted by molar-refractivity contribution is -0.127. The SMILES string of the molecule is COc1c([C@@H]2[C@@H](C)[C@@H](C)O[C@@H]2C(=O)Nc2ccnc(C(N)=O)c2)ccc(F)c1F. The maximum absolute atomic E-state index is 14.2. The molecule has 1 aromatic carbocycles. The molecule has 0 radical (unpaired) electrons. The molecule has 3 rings (SSSR count). The van der Waals surface area contributed by atoms with Crippen molar-refractivity contribution in [3.8, 4) is 5.75 Å². The van der Waals surface area contributed by atoms with Gasteiger partial charge in [-0.1, -0.05) is 13.0 Å². The van der Waals surface area contributed by atoms with Crippen LogP contribution in [0.4, 0.5) is 14.5 Å². The van der Waals surface area contributed by atoms with Crippen molar-refractivity contribution in [3.63, 3.8) is 0 Å². The van der Waals surface area contributed by atoms with Gasteiger partial charge in [-0.2, -0.15) is 4.39 Å². The molecule has 3 N–H and O–H groups in total. The summed E-state index contributed by atoms with van der Waals surface area (Å²) in [6, 6.07) is 5.24. The Morgan fingerprint density at radius 3 is 2.62 bits per heavy atom. The van der Waals surface area contributed by atoms with Gasteiger partial charge in [-0.05, 0) is 31.0 Å². The van der Waals surface area contributed by atoms with Gasteiger partial charge in [-0.3, -0.25) is 14.6 Å². The molecule has 0 spiro atoms. The maximum Gasteiger partial charge on any atom is 0.267 e. The monoisotopic (exact) mass is 405 g/mol. The van der Waals surface area contributed by atoms with Crippen molar-refractivity contribution in [2.45, 2.75) is 32.0 Å². The minimum Gasteiger partial charge on any atom is -0.493 e. The summed E-state index contributed by atoms with van der Waals surface area (Å²) < 4.78 is 38.8. The highest BCUT2D eigenvalue weighted by molar-refractivity contribution is 5.97. The average Bonchev–Trinajstić information content (AvgIpc) is 2.99. The summed E-state index contributed by atoms with van der Waals surface area (Å²) in [7, 11) is 1.24. The van der Waals surface area contributed by atoms with E-state index in [-0.39, 0.29) is 23.5 Å². The van der Waals surface area contributed by atoms with Crippen LogP contribution in [0.2, 0.25) is 0 Å². The Labute approximate surface area is 166 Å². The van der Waals surface area contributed by atoms with Gasteiger partial charge in [-0.15, -0.1) is 0 Å². The van der Waals surface area contributed by atoms with Crippen molar-refractivity contribution in [1.82, 2.24) is 4.98 Å². The van der Waals surface area contributed by atoms with Gasteiger partial charge in [-0.25, -0.2) is 4.39 Å². The summed E-state index contributed by atoms with van der Waals surface area (Å²) in [4.78, 5) is 28.1. The number of anilines is 1. The molecule has 29 heavy (non-hydrogen) atoms. The lowest BCUT2D eigenvalue weighted by Gasteiger charge is -2.23. The number of hydrogen-bond donors (Lipinski definition) is 2. The first kappa shape index (κ1) is 20.7. The Balaban J connectivity index is 1.94. The molecule has 2 amide bonds. The van der Waals surface area contributed by atoms with Gasteiger partial charge in [0, 0.05) is 23.4 Å². The van der Waals surface area contributed by atoms with Crippen molar-refractivity contribution in [1.29, 1.82) is 0 Å². The van der Waals surface area contributed by atoms with Crippen LogP contribution in [0.5, 0.6) is 5.75 Å². The van der Waals surface area contributed by atoms with Crippen molar-refractivity contribution in [2.75, 3.05) is 12.4 Å². The second-order valence-electron chi connectivity index (χ2n) is 6.91. The second-order valence-corrected chi connectivity index (χ2v) is 6.91. The molecule has 1 fully saturated rings. The number of methoxy groups -OCH3 is 1. The van der Waals surface area contributed by atoms with Gasteiger partial charge in [0.2, 0.25) is 5.82 Å². The van der Waals surface area contributed by atoms with E-state index < -0.39 is 35.5 Å². The fourth-order valence-corrected chi connectivity index (χ4v) is 3.55. The van der Waals surface area contributed by atoms with Gasteiger partial charge in [0.15, 0.2) is 11.6 Å². The van der Waals surface area contributed by atoms with Crippen molar-refractivity contribution in [2.24, 2.45) is 11.7 Å². The first-order valence-electron chi connectivity index (χ1n) is 8.98. The van der Waals surface area contributed by atoms with Crippen molar-refractivity contribution < 1.29 is 27.8 Å². The third kappa shape index (κ3) is 3.91. The van der Waals surface area contributed by atoms with Gasteiger partial charge >= 0.3 is 0 Å². The number of pyridine rings is 1. The Morgan fingerprint density at radius 2 is 1.97 bits per heavy atom. The van der Waals surface area contributed by atoms with E-state index in [2.05, 4.69) is 10.3 Å². The molecule has 2 heterocycles. The highest BCUT2D eigenvalue weighted by Gasteiger charge is 2.46. The first-order valence-corrected chi connectivity index (χ1v) is 8.98. The van der Waals surface area contributed by atoms with Crippen LogP contribution in [0.15, 0.2) is 30.5 Å². The van der Waals surface area contributed by atoms with E-state index in [1.165, 1.54) is 31.5 Å².